The van der Waals surface area contributed by atoms with E-state index in [1.54, 1.807) is 57.2 Å². The van der Waals surface area contributed by atoms with E-state index in [2.05, 4.69) is 10.0 Å². The van der Waals surface area contributed by atoms with E-state index in [1.807, 2.05) is 0 Å². The molecule has 2 N–H and O–H groups in total. The smallest absolute Gasteiger partial charge is 0.408 e. The highest BCUT2D eigenvalue weighted by molar-refractivity contribution is 7.92. The van der Waals surface area contributed by atoms with Crippen molar-refractivity contribution >= 4 is 39.4 Å². The van der Waals surface area contributed by atoms with E-state index in [0.717, 1.165) is 0 Å². The van der Waals surface area contributed by atoms with Crippen LogP contribution >= 0.6 is 11.6 Å². The van der Waals surface area contributed by atoms with E-state index < -0.39 is 33.7 Å². The zero-order valence-electron chi connectivity index (χ0n) is 17.6. The summed E-state index contributed by atoms with van der Waals surface area (Å²) in [5.74, 6) is -0.646. The lowest BCUT2D eigenvalue weighted by molar-refractivity contribution is -0.143. The van der Waals surface area contributed by atoms with Gasteiger partial charge in [0.15, 0.2) is 0 Å². The molecule has 0 saturated carbocycles. The predicted molar refractivity (Wildman–Crippen MR) is 118 cm³/mol. The van der Waals surface area contributed by atoms with Gasteiger partial charge in [-0.25, -0.2) is 18.0 Å². The molecule has 0 aliphatic rings. The lowest BCUT2D eigenvalue weighted by Gasteiger charge is -2.22. The molecular weight excluding hydrogens is 444 g/mol. The van der Waals surface area contributed by atoms with Gasteiger partial charge >= 0.3 is 12.1 Å². The minimum atomic E-state index is -3.81. The van der Waals surface area contributed by atoms with E-state index in [4.69, 9.17) is 21.1 Å². The SMILES string of the molecule is COC(=O)[C@H](Cc1ccc(S(=O)(=O)Nc2ccc(Cl)cc2)cc1)NC(=O)OC(C)(C)C. The van der Waals surface area contributed by atoms with Crippen LogP contribution in [0.1, 0.15) is 26.3 Å². The Morgan fingerprint density at radius 3 is 2.13 bits per heavy atom. The average Bonchev–Trinajstić information content (AvgIpc) is 2.67. The maximum Gasteiger partial charge on any atom is 0.408 e. The van der Waals surface area contributed by atoms with Crippen LogP contribution in [-0.4, -0.2) is 39.2 Å². The summed E-state index contributed by atoms with van der Waals surface area (Å²) in [6.45, 7) is 5.12. The number of sulfonamides is 1. The molecule has 10 heteroatoms. The second-order valence-corrected chi connectivity index (χ2v) is 9.80. The summed E-state index contributed by atoms with van der Waals surface area (Å²) in [4.78, 5) is 24.1. The van der Waals surface area contributed by atoms with E-state index in [1.165, 1.54) is 19.2 Å². The summed E-state index contributed by atoms with van der Waals surface area (Å²) in [6.07, 6.45) is -0.661. The Kier molecular flexibility index (Phi) is 7.91. The number of anilines is 1. The topological polar surface area (TPSA) is 111 Å². The van der Waals surface area contributed by atoms with Crippen LogP contribution in [0.25, 0.3) is 0 Å². The van der Waals surface area contributed by atoms with Crippen molar-refractivity contribution in [2.45, 2.75) is 43.7 Å². The van der Waals surface area contributed by atoms with Gasteiger partial charge in [0.05, 0.1) is 12.0 Å². The first-order valence-electron chi connectivity index (χ1n) is 9.34. The van der Waals surface area contributed by atoms with Crippen LogP contribution in [0.3, 0.4) is 0 Å². The number of carbonyl (C=O) groups excluding carboxylic acids is 2. The minimum Gasteiger partial charge on any atom is -0.467 e. The summed E-state index contributed by atoms with van der Waals surface area (Å²) < 4.78 is 37.5. The maximum atomic E-state index is 12.6. The van der Waals surface area contributed by atoms with Crippen LogP contribution in [0.15, 0.2) is 53.4 Å². The number of esters is 1. The Balaban J connectivity index is 2.11. The standard InChI is InChI=1S/C21H25ClN2O6S/c1-21(2,3)30-20(26)23-18(19(25)29-4)13-14-5-11-17(12-6-14)31(27,28)24-16-9-7-15(22)8-10-16/h5-12,18,24H,13H2,1-4H3,(H,23,26)/t18-/m0/s1. The fourth-order valence-electron chi connectivity index (χ4n) is 2.56. The van der Waals surface area contributed by atoms with Crippen LogP contribution in [0.2, 0.25) is 5.02 Å². The van der Waals surface area contributed by atoms with Gasteiger partial charge in [-0.05, 0) is 62.7 Å². The first kappa shape index (κ1) is 24.5. The second-order valence-electron chi connectivity index (χ2n) is 7.68. The molecule has 0 heterocycles. The molecule has 0 saturated heterocycles. The first-order chi connectivity index (χ1) is 14.4. The quantitative estimate of drug-likeness (QED) is 0.599. The number of nitrogens with one attached hydrogen (secondary N) is 2. The van der Waals surface area contributed by atoms with Crippen molar-refractivity contribution in [2.24, 2.45) is 0 Å². The fourth-order valence-corrected chi connectivity index (χ4v) is 3.74. The van der Waals surface area contributed by atoms with Gasteiger partial charge in [-0.1, -0.05) is 23.7 Å². The van der Waals surface area contributed by atoms with Crippen molar-refractivity contribution < 1.29 is 27.5 Å². The van der Waals surface area contributed by atoms with Crippen LogP contribution in [0, 0.1) is 0 Å². The molecule has 0 aliphatic heterocycles. The van der Waals surface area contributed by atoms with Gasteiger partial charge in [0.25, 0.3) is 10.0 Å². The molecule has 0 spiro atoms. The molecule has 8 nitrogen and oxygen atoms in total. The number of benzene rings is 2. The van der Waals surface area contributed by atoms with Crippen molar-refractivity contribution in [1.82, 2.24) is 5.32 Å². The van der Waals surface area contributed by atoms with Crippen molar-refractivity contribution in [1.29, 1.82) is 0 Å². The van der Waals surface area contributed by atoms with E-state index >= 15 is 0 Å². The third-order valence-corrected chi connectivity index (χ3v) is 5.60. The third-order valence-electron chi connectivity index (χ3n) is 3.95. The van der Waals surface area contributed by atoms with Gasteiger partial charge in [-0.2, -0.15) is 0 Å². The number of halogens is 1. The Labute approximate surface area is 186 Å². The highest BCUT2D eigenvalue weighted by Crippen LogP contribution is 2.19. The van der Waals surface area contributed by atoms with Crippen LogP contribution < -0.4 is 10.0 Å². The number of methoxy groups -OCH3 is 1. The summed E-state index contributed by atoms with van der Waals surface area (Å²) in [7, 11) is -2.59. The number of alkyl carbamates (subject to hydrolysis) is 1. The fraction of sp³-hybridized carbons (Fsp3) is 0.333. The Hall–Kier alpha value is -2.78. The molecule has 0 aliphatic carbocycles. The zero-order valence-corrected chi connectivity index (χ0v) is 19.2. The monoisotopic (exact) mass is 468 g/mol. The highest BCUT2D eigenvalue weighted by Gasteiger charge is 2.25. The molecular formula is C21H25ClN2O6S. The van der Waals surface area contributed by atoms with Crippen LogP contribution in [0.4, 0.5) is 10.5 Å². The van der Waals surface area contributed by atoms with Crippen LogP contribution in [-0.2, 0) is 30.7 Å². The summed E-state index contributed by atoms with van der Waals surface area (Å²) in [5.41, 5.74) is 0.274. The van der Waals surface area contributed by atoms with Gasteiger partial charge in [-0.3, -0.25) is 4.72 Å². The molecule has 0 aromatic heterocycles. The summed E-state index contributed by atoms with van der Waals surface area (Å²) >= 11 is 5.81. The number of hydrogen-bond donors (Lipinski definition) is 2. The normalized spacial score (nSPS) is 12.5. The second kappa shape index (κ2) is 10.0. The van der Waals surface area contributed by atoms with Crippen molar-refractivity contribution in [3.05, 3.63) is 59.1 Å². The molecule has 2 aromatic rings. The van der Waals surface area contributed by atoms with Gasteiger partial charge in [0.1, 0.15) is 11.6 Å². The lowest BCUT2D eigenvalue weighted by Crippen LogP contribution is -2.45. The molecule has 31 heavy (non-hydrogen) atoms. The average molecular weight is 469 g/mol. The predicted octanol–water partition coefficient (Wildman–Crippen LogP) is 3.75. The molecule has 1 atom stereocenters. The molecule has 0 fully saturated rings. The molecule has 0 radical (unpaired) electrons. The van der Waals surface area contributed by atoms with Crippen molar-refractivity contribution in [2.75, 3.05) is 11.8 Å². The maximum absolute atomic E-state index is 12.6. The molecule has 0 unspecified atom stereocenters. The Bertz CT molecular complexity index is 1020. The van der Waals surface area contributed by atoms with Crippen molar-refractivity contribution in [3.8, 4) is 0 Å². The number of hydrogen-bond acceptors (Lipinski definition) is 6. The molecule has 168 valence electrons. The van der Waals surface area contributed by atoms with Gasteiger partial charge < -0.3 is 14.8 Å². The van der Waals surface area contributed by atoms with E-state index in [9.17, 15) is 18.0 Å². The third kappa shape index (κ3) is 7.76. The molecule has 1 amide bonds. The summed E-state index contributed by atoms with van der Waals surface area (Å²) in [6, 6.07) is 11.2. The minimum absolute atomic E-state index is 0.0425. The number of rotatable bonds is 7. The lowest BCUT2D eigenvalue weighted by atomic mass is 10.1. The number of amides is 1. The van der Waals surface area contributed by atoms with E-state index in [-0.39, 0.29) is 11.3 Å². The molecule has 2 aromatic carbocycles. The van der Waals surface area contributed by atoms with Gasteiger partial charge in [-0.15, -0.1) is 0 Å². The Morgan fingerprint density at radius 1 is 1.03 bits per heavy atom. The number of carbonyl (C=O) groups is 2. The van der Waals surface area contributed by atoms with Gasteiger partial charge in [0.2, 0.25) is 0 Å². The molecule has 2 rings (SSSR count). The zero-order chi connectivity index (χ0) is 23.2. The van der Waals surface area contributed by atoms with Crippen molar-refractivity contribution in [3.63, 3.8) is 0 Å². The van der Waals surface area contributed by atoms with E-state index in [0.29, 0.717) is 16.3 Å². The summed E-state index contributed by atoms with van der Waals surface area (Å²) in [5, 5.41) is 2.97. The first-order valence-corrected chi connectivity index (χ1v) is 11.2. The largest absolute Gasteiger partial charge is 0.467 e. The molecule has 0 bridgehead atoms. The van der Waals surface area contributed by atoms with Crippen LogP contribution in [0.5, 0.6) is 0 Å². The highest BCUT2D eigenvalue weighted by atomic mass is 35.5. The number of ether oxygens (including phenoxy) is 2. The Morgan fingerprint density at radius 2 is 1.61 bits per heavy atom. The van der Waals surface area contributed by atoms with Gasteiger partial charge in [0, 0.05) is 17.1 Å².